The number of amides is 1. The van der Waals surface area contributed by atoms with E-state index in [0.29, 0.717) is 5.17 Å². The number of hydrogen-bond acceptors (Lipinski definition) is 4. The number of aromatic nitrogens is 1. The SMILES string of the molecule is O=C(/C=C/c1ccc(-c2ccccc2)nc1)NC1=NCCS1. The highest BCUT2D eigenvalue weighted by atomic mass is 32.2. The molecule has 1 aromatic carbocycles. The van der Waals surface area contributed by atoms with Crippen LogP contribution in [0.3, 0.4) is 0 Å². The first-order valence-corrected chi connectivity index (χ1v) is 7.97. The number of nitrogens with zero attached hydrogens (tertiary/aromatic N) is 2. The Kier molecular flexibility index (Phi) is 4.65. The number of hydrogen-bond donors (Lipinski definition) is 1. The molecule has 0 radical (unpaired) electrons. The Balaban J connectivity index is 1.63. The summed E-state index contributed by atoms with van der Waals surface area (Å²) < 4.78 is 0. The first-order valence-electron chi connectivity index (χ1n) is 6.99. The zero-order valence-electron chi connectivity index (χ0n) is 11.9. The van der Waals surface area contributed by atoms with Crippen LogP contribution in [0.25, 0.3) is 17.3 Å². The maximum Gasteiger partial charge on any atom is 0.249 e. The van der Waals surface area contributed by atoms with Crippen molar-refractivity contribution in [3.63, 3.8) is 0 Å². The molecule has 1 N–H and O–H groups in total. The molecule has 0 bridgehead atoms. The van der Waals surface area contributed by atoms with Crippen LogP contribution in [0.4, 0.5) is 0 Å². The second-order valence-corrected chi connectivity index (χ2v) is 5.78. The molecule has 2 heterocycles. The highest BCUT2D eigenvalue weighted by molar-refractivity contribution is 8.14. The van der Waals surface area contributed by atoms with Gasteiger partial charge in [-0.25, -0.2) is 0 Å². The third-order valence-electron chi connectivity index (χ3n) is 3.10. The predicted molar refractivity (Wildman–Crippen MR) is 91.6 cm³/mol. The van der Waals surface area contributed by atoms with Crippen molar-refractivity contribution in [2.45, 2.75) is 0 Å². The van der Waals surface area contributed by atoms with Crippen LogP contribution in [0.2, 0.25) is 0 Å². The van der Waals surface area contributed by atoms with Crippen molar-refractivity contribution in [2.75, 3.05) is 12.3 Å². The van der Waals surface area contributed by atoms with Gasteiger partial charge in [-0.15, -0.1) is 0 Å². The van der Waals surface area contributed by atoms with Crippen molar-refractivity contribution in [2.24, 2.45) is 4.99 Å². The molecule has 0 atom stereocenters. The number of carbonyl (C=O) groups excluding carboxylic acids is 1. The number of rotatable bonds is 3. The van der Waals surface area contributed by atoms with E-state index in [9.17, 15) is 4.79 Å². The average Bonchev–Trinajstić information content (AvgIpc) is 3.07. The summed E-state index contributed by atoms with van der Waals surface area (Å²) in [5.41, 5.74) is 2.88. The normalized spacial score (nSPS) is 14.1. The van der Waals surface area contributed by atoms with Crippen molar-refractivity contribution in [3.8, 4) is 11.3 Å². The molecule has 4 nitrogen and oxygen atoms in total. The fraction of sp³-hybridized carbons (Fsp3) is 0.118. The lowest BCUT2D eigenvalue weighted by Crippen LogP contribution is -2.25. The number of amidine groups is 1. The van der Waals surface area contributed by atoms with Crippen molar-refractivity contribution in [3.05, 3.63) is 60.3 Å². The minimum atomic E-state index is -0.166. The summed E-state index contributed by atoms with van der Waals surface area (Å²) >= 11 is 1.56. The van der Waals surface area contributed by atoms with Crippen molar-refractivity contribution >= 4 is 28.9 Å². The molecule has 5 heteroatoms. The van der Waals surface area contributed by atoms with Gasteiger partial charge in [0.2, 0.25) is 5.91 Å². The Morgan fingerprint density at radius 1 is 1.18 bits per heavy atom. The van der Waals surface area contributed by atoms with E-state index in [1.54, 1.807) is 24.0 Å². The molecule has 3 rings (SSSR count). The van der Waals surface area contributed by atoms with Gasteiger partial charge in [-0.1, -0.05) is 48.2 Å². The smallest absolute Gasteiger partial charge is 0.249 e. The van der Waals surface area contributed by atoms with E-state index < -0.39 is 0 Å². The van der Waals surface area contributed by atoms with E-state index in [4.69, 9.17) is 0 Å². The summed E-state index contributed by atoms with van der Waals surface area (Å²) in [5.74, 6) is 0.768. The third kappa shape index (κ3) is 3.83. The second-order valence-electron chi connectivity index (χ2n) is 4.70. The summed E-state index contributed by atoms with van der Waals surface area (Å²) in [6.07, 6.45) is 5.01. The van der Waals surface area contributed by atoms with Gasteiger partial charge in [-0.3, -0.25) is 14.8 Å². The van der Waals surface area contributed by atoms with E-state index in [1.807, 2.05) is 42.5 Å². The van der Waals surface area contributed by atoms with Crippen molar-refractivity contribution < 1.29 is 4.79 Å². The number of pyridine rings is 1. The Labute approximate surface area is 133 Å². The second kappa shape index (κ2) is 7.04. The van der Waals surface area contributed by atoms with Crippen LogP contribution < -0.4 is 5.32 Å². The number of aliphatic imine (C=N–C) groups is 1. The topological polar surface area (TPSA) is 54.4 Å². The van der Waals surface area contributed by atoms with E-state index >= 15 is 0 Å². The minimum absolute atomic E-state index is 0.166. The lowest BCUT2D eigenvalue weighted by molar-refractivity contribution is -0.115. The summed E-state index contributed by atoms with van der Waals surface area (Å²) in [7, 11) is 0. The van der Waals surface area contributed by atoms with Gasteiger partial charge in [-0.05, 0) is 17.7 Å². The molecule has 110 valence electrons. The van der Waals surface area contributed by atoms with E-state index in [2.05, 4.69) is 15.3 Å². The van der Waals surface area contributed by atoms with Crippen LogP contribution in [0.5, 0.6) is 0 Å². The molecule has 0 saturated carbocycles. The molecule has 0 aliphatic carbocycles. The van der Waals surface area contributed by atoms with Crippen molar-refractivity contribution in [1.82, 2.24) is 10.3 Å². The largest absolute Gasteiger partial charge is 0.302 e. The molecule has 1 aromatic heterocycles. The van der Waals surface area contributed by atoms with Crippen LogP contribution in [-0.4, -0.2) is 28.4 Å². The van der Waals surface area contributed by atoms with Crippen LogP contribution in [0.1, 0.15) is 5.56 Å². The average molecular weight is 309 g/mol. The number of carbonyl (C=O) groups is 1. The maximum absolute atomic E-state index is 11.7. The van der Waals surface area contributed by atoms with Crippen LogP contribution in [0, 0.1) is 0 Å². The highest BCUT2D eigenvalue weighted by Crippen LogP contribution is 2.16. The lowest BCUT2D eigenvalue weighted by atomic mass is 10.1. The van der Waals surface area contributed by atoms with Gasteiger partial charge in [0, 0.05) is 23.6 Å². The van der Waals surface area contributed by atoms with Gasteiger partial charge in [-0.2, -0.15) is 0 Å². The van der Waals surface area contributed by atoms with Crippen LogP contribution >= 0.6 is 11.8 Å². The Hall–Kier alpha value is -2.40. The summed E-state index contributed by atoms with van der Waals surface area (Å²) in [6.45, 7) is 0.773. The fourth-order valence-corrected chi connectivity index (χ4v) is 2.74. The molecule has 1 aliphatic heterocycles. The molecular weight excluding hydrogens is 294 g/mol. The molecule has 1 aliphatic rings. The maximum atomic E-state index is 11.7. The van der Waals surface area contributed by atoms with Crippen molar-refractivity contribution in [1.29, 1.82) is 0 Å². The summed E-state index contributed by atoms with van der Waals surface area (Å²) in [4.78, 5) is 20.3. The number of benzene rings is 1. The molecule has 22 heavy (non-hydrogen) atoms. The quantitative estimate of drug-likeness (QED) is 0.887. The Morgan fingerprint density at radius 3 is 2.73 bits per heavy atom. The lowest BCUT2D eigenvalue weighted by Gasteiger charge is -2.01. The van der Waals surface area contributed by atoms with E-state index in [0.717, 1.165) is 29.1 Å². The number of thioether (sulfide) groups is 1. The van der Waals surface area contributed by atoms with Gasteiger partial charge < -0.3 is 5.32 Å². The van der Waals surface area contributed by atoms with Gasteiger partial charge in [0.25, 0.3) is 0 Å². The molecule has 0 spiro atoms. The van der Waals surface area contributed by atoms with Gasteiger partial charge in [0.15, 0.2) is 5.17 Å². The van der Waals surface area contributed by atoms with Crippen LogP contribution in [0.15, 0.2) is 59.7 Å². The van der Waals surface area contributed by atoms with Gasteiger partial charge in [0.05, 0.1) is 12.2 Å². The monoisotopic (exact) mass is 309 g/mol. The molecule has 2 aromatic rings. The Bertz CT molecular complexity index is 708. The molecule has 1 amide bonds. The van der Waals surface area contributed by atoms with Gasteiger partial charge >= 0.3 is 0 Å². The fourth-order valence-electron chi connectivity index (χ4n) is 2.01. The zero-order valence-corrected chi connectivity index (χ0v) is 12.7. The summed E-state index contributed by atoms with van der Waals surface area (Å²) in [5, 5.41) is 3.45. The summed E-state index contributed by atoms with van der Waals surface area (Å²) in [6, 6.07) is 13.9. The number of nitrogens with one attached hydrogen (secondary N) is 1. The zero-order chi connectivity index (χ0) is 15.2. The van der Waals surface area contributed by atoms with Gasteiger partial charge in [0.1, 0.15) is 0 Å². The molecular formula is C17H15N3OS. The first kappa shape index (κ1) is 14.5. The standard InChI is InChI=1S/C17H15N3OS/c21-16(20-17-18-10-11-22-17)9-7-13-6-8-15(19-12-13)14-4-2-1-3-5-14/h1-9,12H,10-11H2,(H,18,20,21)/b9-7+. The van der Waals surface area contributed by atoms with E-state index in [1.165, 1.54) is 6.08 Å². The first-order chi connectivity index (χ1) is 10.8. The Morgan fingerprint density at radius 2 is 2.05 bits per heavy atom. The highest BCUT2D eigenvalue weighted by Gasteiger charge is 2.08. The predicted octanol–water partition coefficient (Wildman–Crippen LogP) is 2.98. The third-order valence-corrected chi connectivity index (χ3v) is 3.99. The van der Waals surface area contributed by atoms with E-state index in [-0.39, 0.29) is 5.91 Å². The molecule has 0 fully saturated rings. The molecule has 0 saturated heterocycles. The molecule has 0 unspecified atom stereocenters. The van der Waals surface area contributed by atoms with Crippen LogP contribution in [-0.2, 0) is 4.79 Å². The minimum Gasteiger partial charge on any atom is -0.302 e.